The second-order valence-corrected chi connectivity index (χ2v) is 6.58. The lowest BCUT2D eigenvalue weighted by atomic mass is 10.2. The molecule has 0 aliphatic carbocycles. The predicted octanol–water partition coefficient (Wildman–Crippen LogP) is 2.52. The summed E-state index contributed by atoms with van der Waals surface area (Å²) in [5, 5.41) is 3.05. The first-order chi connectivity index (χ1) is 11.1. The molecule has 0 spiro atoms. The smallest absolute Gasteiger partial charge is 0.251 e. The normalized spacial score (nSPS) is 11.9. The van der Waals surface area contributed by atoms with Gasteiger partial charge >= 0.3 is 0 Å². The third-order valence-electron chi connectivity index (χ3n) is 3.25. The van der Waals surface area contributed by atoms with Gasteiger partial charge in [-0.05, 0) is 18.9 Å². The van der Waals surface area contributed by atoms with Crippen LogP contribution in [0.3, 0.4) is 0 Å². The van der Waals surface area contributed by atoms with Crippen molar-refractivity contribution in [2.24, 2.45) is 0 Å². The van der Waals surface area contributed by atoms with Crippen LogP contribution in [0.1, 0.15) is 31.5 Å². The van der Waals surface area contributed by atoms with E-state index in [0.717, 1.165) is 24.1 Å². The molecular weight excluding hydrogens is 310 g/mol. The highest BCUT2D eigenvalue weighted by molar-refractivity contribution is 8.00. The van der Waals surface area contributed by atoms with E-state index in [4.69, 9.17) is 0 Å². The van der Waals surface area contributed by atoms with E-state index in [-0.39, 0.29) is 16.7 Å². The Kier molecular flexibility index (Phi) is 6.40. The molecule has 0 aliphatic heterocycles. The maximum atomic E-state index is 12.2. The zero-order valence-electron chi connectivity index (χ0n) is 13.3. The molecule has 2 aromatic rings. The second-order valence-electron chi connectivity index (χ2n) is 5.26. The molecule has 0 bridgehead atoms. The Morgan fingerprint density at radius 2 is 2.09 bits per heavy atom. The van der Waals surface area contributed by atoms with Crippen LogP contribution >= 0.6 is 11.8 Å². The Morgan fingerprint density at radius 3 is 2.78 bits per heavy atom. The molecule has 0 fully saturated rings. The van der Waals surface area contributed by atoms with E-state index < -0.39 is 0 Å². The minimum absolute atomic E-state index is 0.0811. The molecule has 5 nitrogen and oxygen atoms in total. The zero-order valence-corrected chi connectivity index (χ0v) is 14.2. The number of benzene rings is 1. The molecule has 1 unspecified atom stereocenters. The standard InChI is InChI=1S/C17H21N3O2S/c1-3-7-14-10-15(21)20-17(19-14)23-12(2)16(22)18-11-13-8-5-4-6-9-13/h4-6,8-10,12H,3,7,11H2,1-2H3,(H,18,22)(H,19,20,21). The number of aromatic nitrogens is 2. The Hall–Kier alpha value is -2.08. The fraction of sp³-hybridized carbons (Fsp3) is 0.353. The maximum Gasteiger partial charge on any atom is 0.251 e. The molecule has 1 atom stereocenters. The number of rotatable bonds is 7. The molecule has 122 valence electrons. The Balaban J connectivity index is 1.94. The van der Waals surface area contributed by atoms with Crippen molar-refractivity contribution >= 4 is 17.7 Å². The third-order valence-corrected chi connectivity index (χ3v) is 4.23. The number of aromatic amines is 1. The summed E-state index contributed by atoms with van der Waals surface area (Å²) < 4.78 is 0. The molecule has 0 saturated heterocycles. The van der Waals surface area contributed by atoms with Crippen molar-refractivity contribution in [3.05, 3.63) is 58.0 Å². The molecule has 0 radical (unpaired) electrons. The van der Waals surface area contributed by atoms with Crippen LogP contribution in [0.25, 0.3) is 0 Å². The Labute approximate surface area is 139 Å². The lowest BCUT2D eigenvalue weighted by Gasteiger charge is -2.12. The van der Waals surface area contributed by atoms with Gasteiger partial charge < -0.3 is 10.3 Å². The SMILES string of the molecule is CCCc1cc(=O)[nH]c(SC(C)C(=O)NCc2ccccc2)n1. The summed E-state index contributed by atoms with van der Waals surface area (Å²) in [6, 6.07) is 11.3. The van der Waals surface area contributed by atoms with Crippen molar-refractivity contribution in [3.8, 4) is 0 Å². The highest BCUT2D eigenvalue weighted by Crippen LogP contribution is 2.18. The summed E-state index contributed by atoms with van der Waals surface area (Å²) in [6.45, 7) is 4.33. The van der Waals surface area contributed by atoms with E-state index in [9.17, 15) is 9.59 Å². The summed E-state index contributed by atoms with van der Waals surface area (Å²) in [5.74, 6) is -0.0811. The number of carbonyl (C=O) groups is 1. The van der Waals surface area contributed by atoms with Gasteiger partial charge in [0.2, 0.25) is 5.91 Å². The van der Waals surface area contributed by atoms with E-state index >= 15 is 0 Å². The molecule has 2 N–H and O–H groups in total. The average molecular weight is 331 g/mol. The van der Waals surface area contributed by atoms with Crippen LogP contribution in [0.5, 0.6) is 0 Å². The maximum absolute atomic E-state index is 12.2. The third kappa shape index (κ3) is 5.56. The Bertz CT molecular complexity index is 700. The molecule has 1 heterocycles. The lowest BCUT2D eigenvalue weighted by molar-refractivity contribution is -0.120. The number of aryl methyl sites for hydroxylation is 1. The molecule has 1 aromatic carbocycles. The highest BCUT2D eigenvalue weighted by atomic mass is 32.2. The van der Waals surface area contributed by atoms with Crippen LogP contribution in [0, 0.1) is 0 Å². The molecule has 23 heavy (non-hydrogen) atoms. The van der Waals surface area contributed by atoms with Crippen molar-refractivity contribution in [1.82, 2.24) is 15.3 Å². The van der Waals surface area contributed by atoms with Crippen LogP contribution in [0.4, 0.5) is 0 Å². The van der Waals surface area contributed by atoms with Gasteiger partial charge in [0.15, 0.2) is 5.16 Å². The summed E-state index contributed by atoms with van der Waals surface area (Å²) in [5.41, 5.74) is 1.63. The summed E-state index contributed by atoms with van der Waals surface area (Å²) >= 11 is 1.26. The summed E-state index contributed by atoms with van der Waals surface area (Å²) in [4.78, 5) is 30.9. The van der Waals surface area contributed by atoms with E-state index in [0.29, 0.717) is 11.7 Å². The fourth-order valence-electron chi connectivity index (χ4n) is 2.07. The number of hydrogen-bond donors (Lipinski definition) is 2. The van der Waals surface area contributed by atoms with Crippen LogP contribution in [-0.4, -0.2) is 21.1 Å². The number of H-pyrrole nitrogens is 1. The van der Waals surface area contributed by atoms with E-state index in [1.165, 1.54) is 17.8 Å². The molecule has 6 heteroatoms. The highest BCUT2D eigenvalue weighted by Gasteiger charge is 2.16. The van der Waals surface area contributed by atoms with Gasteiger partial charge in [-0.15, -0.1) is 0 Å². The van der Waals surface area contributed by atoms with Crippen molar-refractivity contribution in [2.45, 2.75) is 43.6 Å². The van der Waals surface area contributed by atoms with Crippen LogP contribution in [0.2, 0.25) is 0 Å². The van der Waals surface area contributed by atoms with Gasteiger partial charge in [0, 0.05) is 18.3 Å². The van der Waals surface area contributed by atoms with Gasteiger partial charge in [-0.1, -0.05) is 55.4 Å². The second kappa shape index (κ2) is 8.53. The quantitative estimate of drug-likeness (QED) is 0.604. The number of thioether (sulfide) groups is 1. The molecule has 1 amide bonds. The Morgan fingerprint density at radius 1 is 1.35 bits per heavy atom. The van der Waals surface area contributed by atoms with Crippen molar-refractivity contribution in [1.29, 1.82) is 0 Å². The van der Waals surface area contributed by atoms with Crippen molar-refractivity contribution in [3.63, 3.8) is 0 Å². The van der Waals surface area contributed by atoms with E-state index in [1.54, 1.807) is 6.92 Å². The lowest BCUT2D eigenvalue weighted by Crippen LogP contribution is -2.30. The van der Waals surface area contributed by atoms with Gasteiger partial charge in [0.05, 0.1) is 5.25 Å². The molecule has 1 aromatic heterocycles. The largest absolute Gasteiger partial charge is 0.351 e. The van der Waals surface area contributed by atoms with Crippen LogP contribution < -0.4 is 10.9 Å². The summed E-state index contributed by atoms with van der Waals surface area (Å²) in [7, 11) is 0. The minimum atomic E-state index is -0.335. The number of hydrogen-bond acceptors (Lipinski definition) is 4. The first-order valence-corrected chi connectivity index (χ1v) is 8.55. The van der Waals surface area contributed by atoms with Crippen LogP contribution in [-0.2, 0) is 17.8 Å². The van der Waals surface area contributed by atoms with E-state index in [2.05, 4.69) is 15.3 Å². The monoisotopic (exact) mass is 331 g/mol. The van der Waals surface area contributed by atoms with Crippen molar-refractivity contribution < 1.29 is 4.79 Å². The van der Waals surface area contributed by atoms with Crippen LogP contribution in [0.15, 0.2) is 46.3 Å². The van der Waals surface area contributed by atoms with Gasteiger partial charge in [-0.3, -0.25) is 9.59 Å². The molecule has 0 saturated carbocycles. The fourth-order valence-corrected chi connectivity index (χ4v) is 2.93. The topological polar surface area (TPSA) is 74.8 Å². The average Bonchev–Trinajstić information content (AvgIpc) is 2.53. The van der Waals surface area contributed by atoms with Gasteiger partial charge in [-0.2, -0.15) is 0 Å². The van der Waals surface area contributed by atoms with Gasteiger partial charge in [0.1, 0.15) is 0 Å². The van der Waals surface area contributed by atoms with E-state index in [1.807, 2.05) is 37.3 Å². The number of nitrogens with one attached hydrogen (secondary N) is 2. The molecular formula is C17H21N3O2S. The first kappa shape index (κ1) is 17.3. The number of nitrogens with zero attached hydrogens (tertiary/aromatic N) is 1. The predicted molar refractivity (Wildman–Crippen MR) is 92.5 cm³/mol. The minimum Gasteiger partial charge on any atom is -0.351 e. The van der Waals surface area contributed by atoms with Gasteiger partial charge in [-0.25, -0.2) is 4.98 Å². The molecule has 2 rings (SSSR count). The summed E-state index contributed by atoms with van der Waals surface area (Å²) in [6.07, 6.45) is 1.68. The number of amides is 1. The first-order valence-electron chi connectivity index (χ1n) is 7.67. The molecule has 0 aliphatic rings. The zero-order chi connectivity index (χ0) is 16.7. The van der Waals surface area contributed by atoms with Crippen molar-refractivity contribution in [2.75, 3.05) is 0 Å². The van der Waals surface area contributed by atoms with Gasteiger partial charge in [0.25, 0.3) is 5.56 Å². The number of carbonyl (C=O) groups excluding carboxylic acids is 1.